The third-order valence-corrected chi connectivity index (χ3v) is 7.60. The normalized spacial score (nSPS) is 22.5. The smallest absolute Gasteiger partial charge is 0.257 e. The first-order valence-corrected chi connectivity index (χ1v) is 11.6. The predicted molar refractivity (Wildman–Crippen MR) is 108 cm³/mol. The van der Waals surface area contributed by atoms with Crippen molar-refractivity contribution >= 4 is 38.9 Å². The summed E-state index contributed by atoms with van der Waals surface area (Å²) in [6.45, 7) is 2.51. The Balaban J connectivity index is 1.40. The van der Waals surface area contributed by atoms with Gasteiger partial charge in [-0.3, -0.25) is 9.69 Å². The minimum atomic E-state index is -2.90. The van der Waals surface area contributed by atoms with Crippen molar-refractivity contribution < 1.29 is 13.2 Å². The summed E-state index contributed by atoms with van der Waals surface area (Å²) in [4.78, 5) is 16.8. The van der Waals surface area contributed by atoms with E-state index < -0.39 is 9.84 Å². The first kappa shape index (κ1) is 19.7. The Morgan fingerprint density at radius 2 is 1.89 bits per heavy atom. The molecule has 2 aliphatic heterocycles. The average molecular weight is 443 g/mol. The lowest BCUT2D eigenvalue weighted by Crippen LogP contribution is -2.52. The van der Waals surface area contributed by atoms with Crippen molar-refractivity contribution in [3.05, 3.63) is 46.2 Å². The first-order valence-electron chi connectivity index (χ1n) is 9.06. The van der Waals surface area contributed by atoms with Crippen LogP contribution >= 0.6 is 23.2 Å². The molecule has 1 amide bonds. The van der Waals surface area contributed by atoms with Crippen LogP contribution in [0.5, 0.6) is 0 Å². The SMILES string of the molecule is O=C(c1cnn(-c2ccc(Cl)cc2Cl)c1)N1CCN(C2CCS(=O)(=O)C2)CC1. The van der Waals surface area contributed by atoms with Crippen LogP contribution in [0.25, 0.3) is 5.69 Å². The Kier molecular flexibility index (Phi) is 5.39. The zero-order valence-electron chi connectivity index (χ0n) is 15.1. The number of hydrogen-bond acceptors (Lipinski definition) is 5. The van der Waals surface area contributed by atoms with Crippen LogP contribution in [0.4, 0.5) is 0 Å². The fraction of sp³-hybridized carbons (Fsp3) is 0.444. The summed E-state index contributed by atoms with van der Waals surface area (Å²) in [5.74, 6) is 0.411. The topological polar surface area (TPSA) is 75.5 Å². The number of halogens is 2. The van der Waals surface area contributed by atoms with Gasteiger partial charge in [0.1, 0.15) is 0 Å². The van der Waals surface area contributed by atoms with Gasteiger partial charge in [0.15, 0.2) is 9.84 Å². The number of carbonyl (C=O) groups is 1. The van der Waals surface area contributed by atoms with Gasteiger partial charge in [-0.25, -0.2) is 13.1 Å². The molecule has 0 bridgehead atoms. The number of hydrogen-bond donors (Lipinski definition) is 0. The summed E-state index contributed by atoms with van der Waals surface area (Å²) in [5.41, 5.74) is 1.14. The minimum Gasteiger partial charge on any atom is -0.336 e. The van der Waals surface area contributed by atoms with E-state index in [4.69, 9.17) is 23.2 Å². The van der Waals surface area contributed by atoms with Crippen LogP contribution in [-0.2, 0) is 9.84 Å². The maximum absolute atomic E-state index is 12.8. The highest BCUT2D eigenvalue weighted by Gasteiger charge is 2.34. The van der Waals surface area contributed by atoms with Crippen LogP contribution < -0.4 is 0 Å². The van der Waals surface area contributed by atoms with E-state index in [1.807, 2.05) is 0 Å². The Labute approximate surface area is 173 Å². The number of aromatic nitrogens is 2. The van der Waals surface area contributed by atoms with Crippen molar-refractivity contribution in [2.45, 2.75) is 12.5 Å². The zero-order chi connectivity index (χ0) is 19.9. The number of sulfone groups is 1. The lowest BCUT2D eigenvalue weighted by Gasteiger charge is -2.37. The van der Waals surface area contributed by atoms with E-state index in [1.54, 1.807) is 34.0 Å². The molecule has 28 heavy (non-hydrogen) atoms. The molecule has 0 aliphatic carbocycles. The highest BCUT2D eigenvalue weighted by atomic mass is 35.5. The van der Waals surface area contributed by atoms with Gasteiger partial charge in [-0.15, -0.1) is 0 Å². The van der Waals surface area contributed by atoms with Crippen molar-refractivity contribution in [1.29, 1.82) is 0 Å². The van der Waals surface area contributed by atoms with Crippen LogP contribution in [0.3, 0.4) is 0 Å². The van der Waals surface area contributed by atoms with Gasteiger partial charge in [-0.2, -0.15) is 5.10 Å². The number of nitrogens with zero attached hydrogens (tertiary/aromatic N) is 4. The van der Waals surface area contributed by atoms with Crippen molar-refractivity contribution in [3.8, 4) is 5.69 Å². The Morgan fingerprint density at radius 3 is 2.54 bits per heavy atom. The summed E-state index contributed by atoms with van der Waals surface area (Å²) in [7, 11) is -2.90. The molecule has 2 aromatic rings. The quantitative estimate of drug-likeness (QED) is 0.727. The lowest BCUT2D eigenvalue weighted by atomic mass is 10.2. The highest BCUT2D eigenvalue weighted by Crippen LogP contribution is 2.24. The van der Waals surface area contributed by atoms with E-state index in [0.717, 1.165) is 0 Å². The summed E-state index contributed by atoms with van der Waals surface area (Å²) < 4.78 is 24.9. The van der Waals surface area contributed by atoms with E-state index in [2.05, 4.69) is 10.00 Å². The fourth-order valence-corrected chi connectivity index (χ4v) is 6.02. The molecule has 2 saturated heterocycles. The molecular formula is C18H20Cl2N4O3S. The molecule has 0 N–H and O–H groups in total. The number of amides is 1. The van der Waals surface area contributed by atoms with E-state index in [1.165, 1.54) is 6.20 Å². The first-order chi connectivity index (χ1) is 13.3. The van der Waals surface area contributed by atoms with E-state index in [0.29, 0.717) is 53.9 Å². The number of carbonyl (C=O) groups excluding carboxylic acids is 1. The molecule has 1 atom stereocenters. The van der Waals surface area contributed by atoms with Crippen molar-refractivity contribution in [3.63, 3.8) is 0 Å². The molecule has 0 radical (unpaired) electrons. The van der Waals surface area contributed by atoms with Gasteiger partial charge < -0.3 is 4.90 Å². The van der Waals surface area contributed by atoms with Crippen molar-refractivity contribution in [2.24, 2.45) is 0 Å². The lowest BCUT2D eigenvalue weighted by molar-refractivity contribution is 0.0588. The number of rotatable bonds is 3. The van der Waals surface area contributed by atoms with Gasteiger partial charge >= 0.3 is 0 Å². The van der Waals surface area contributed by atoms with Gasteiger partial charge in [0.2, 0.25) is 0 Å². The van der Waals surface area contributed by atoms with Gasteiger partial charge in [-0.05, 0) is 24.6 Å². The largest absolute Gasteiger partial charge is 0.336 e. The molecule has 2 aliphatic rings. The molecule has 150 valence electrons. The molecule has 3 heterocycles. The van der Waals surface area contributed by atoms with Crippen LogP contribution in [0, 0.1) is 0 Å². The molecule has 10 heteroatoms. The molecular weight excluding hydrogens is 423 g/mol. The van der Waals surface area contributed by atoms with Crippen molar-refractivity contribution in [2.75, 3.05) is 37.7 Å². The summed E-state index contributed by atoms with van der Waals surface area (Å²) >= 11 is 12.1. The summed E-state index contributed by atoms with van der Waals surface area (Å²) in [6, 6.07) is 5.18. The van der Waals surface area contributed by atoms with Gasteiger partial charge in [0, 0.05) is 43.4 Å². The van der Waals surface area contributed by atoms with Crippen LogP contribution in [0.15, 0.2) is 30.6 Å². The Morgan fingerprint density at radius 1 is 1.14 bits per heavy atom. The highest BCUT2D eigenvalue weighted by molar-refractivity contribution is 7.91. The van der Waals surface area contributed by atoms with E-state index in [-0.39, 0.29) is 23.5 Å². The molecule has 7 nitrogen and oxygen atoms in total. The molecule has 1 aromatic carbocycles. The molecule has 0 saturated carbocycles. The predicted octanol–water partition coefficient (Wildman–Crippen LogP) is 2.12. The second-order valence-electron chi connectivity index (χ2n) is 7.15. The third kappa shape index (κ3) is 4.05. The fourth-order valence-electron chi connectivity index (χ4n) is 3.77. The number of benzene rings is 1. The second-order valence-corrected chi connectivity index (χ2v) is 10.2. The van der Waals surface area contributed by atoms with Gasteiger partial charge in [0.25, 0.3) is 5.91 Å². The summed E-state index contributed by atoms with van der Waals surface area (Å²) in [5, 5.41) is 5.24. The average Bonchev–Trinajstić information content (AvgIpc) is 3.28. The molecule has 0 spiro atoms. The van der Waals surface area contributed by atoms with Crippen molar-refractivity contribution in [1.82, 2.24) is 19.6 Å². The summed E-state index contributed by atoms with van der Waals surface area (Å²) in [6.07, 6.45) is 3.88. The standard InChI is InChI=1S/C18H20Cl2N4O3S/c19-14-1-2-17(16(20)9-14)24-11-13(10-21-24)18(25)23-6-4-22(5-7-23)15-3-8-28(26,27)12-15/h1-2,9-11,15H,3-8,12H2. The molecule has 1 unspecified atom stereocenters. The van der Waals surface area contributed by atoms with Gasteiger partial charge in [-0.1, -0.05) is 23.2 Å². The van der Waals surface area contributed by atoms with Crippen LogP contribution in [0.2, 0.25) is 10.0 Å². The number of piperazine rings is 1. The van der Waals surface area contributed by atoms with E-state index >= 15 is 0 Å². The third-order valence-electron chi connectivity index (χ3n) is 5.31. The monoisotopic (exact) mass is 442 g/mol. The Hall–Kier alpha value is -1.61. The maximum atomic E-state index is 12.8. The van der Waals surface area contributed by atoms with Gasteiger partial charge in [0.05, 0.1) is 34.0 Å². The second kappa shape index (κ2) is 7.67. The minimum absolute atomic E-state index is 0.0806. The molecule has 1 aromatic heterocycles. The van der Waals surface area contributed by atoms with Crippen LogP contribution in [0.1, 0.15) is 16.8 Å². The Bertz CT molecular complexity index is 1000. The van der Waals surface area contributed by atoms with Crippen LogP contribution in [-0.4, -0.2) is 77.6 Å². The van der Waals surface area contributed by atoms with E-state index in [9.17, 15) is 13.2 Å². The molecule has 4 rings (SSSR count). The zero-order valence-corrected chi connectivity index (χ0v) is 17.4. The maximum Gasteiger partial charge on any atom is 0.257 e. The molecule has 2 fully saturated rings.